The quantitative estimate of drug-likeness (QED) is 0.451. The summed E-state index contributed by atoms with van der Waals surface area (Å²) in [6.07, 6.45) is 0.362. The Kier molecular flexibility index (Phi) is 1.65. The van der Waals surface area contributed by atoms with Gasteiger partial charge in [-0.05, 0) is 13.1 Å². The molecular weight excluding hydrogens is 176 g/mol. The molecule has 1 saturated heterocycles. The molecule has 1 heterocycles. The molecular formula is C8H11F2N3. The van der Waals surface area contributed by atoms with Crippen molar-refractivity contribution in [3.8, 4) is 0 Å². The minimum atomic E-state index is -2.53. The number of guanidine groups is 1. The van der Waals surface area contributed by atoms with Crippen molar-refractivity contribution >= 4 is 12.7 Å². The Morgan fingerprint density at radius 1 is 1.62 bits per heavy atom. The Morgan fingerprint density at radius 2 is 2.31 bits per heavy atom. The average Bonchev–Trinajstić information content (AvgIpc) is 2.57. The molecule has 0 amide bonds. The van der Waals surface area contributed by atoms with Gasteiger partial charge in [0.15, 0.2) is 0 Å². The third kappa shape index (κ3) is 1.14. The van der Waals surface area contributed by atoms with E-state index in [4.69, 9.17) is 5.41 Å². The molecule has 2 bridgehead atoms. The Labute approximate surface area is 75.0 Å². The summed E-state index contributed by atoms with van der Waals surface area (Å²) in [5, 5.41) is 7.37. The van der Waals surface area contributed by atoms with Gasteiger partial charge in [0.1, 0.15) is 0 Å². The molecule has 1 N–H and O–H groups in total. The Hall–Kier alpha value is -1.00. The molecule has 0 radical (unpaired) electrons. The van der Waals surface area contributed by atoms with Crippen LogP contribution in [0.15, 0.2) is 4.99 Å². The van der Waals surface area contributed by atoms with Gasteiger partial charge in [0.05, 0.1) is 0 Å². The summed E-state index contributed by atoms with van der Waals surface area (Å²) < 4.78 is 26.1. The fraction of sp³-hybridized carbons (Fsp3) is 0.750. The number of nitrogens with one attached hydrogen (secondary N) is 1. The Bertz CT molecular complexity index is 264. The van der Waals surface area contributed by atoms with E-state index in [1.165, 1.54) is 0 Å². The molecule has 2 unspecified atom stereocenters. The highest BCUT2D eigenvalue weighted by molar-refractivity contribution is 5.81. The molecule has 2 rings (SSSR count). The largest absolute Gasteiger partial charge is 0.338 e. The van der Waals surface area contributed by atoms with Crippen molar-refractivity contribution < 1.29 is 8.78 Å². The molecule has 1 saturated carbocycles. The summed E-state index contributed by atoms with van der Waals surface area (Å²) in [4.78, 5) is 5.07. The first-order chi connectivity index (χ1) is 6.04. The summed E-state index contributed by atoms with van der Waals surface area (Å²) in [6, 6.07) is -0.196. The first-order valence-corrected chi connectivity index (χ1v) is 4.24. The molecule has 0 aromatic carbocycles. The fourth-order valence-corrected chi connectivity index (χ4v) is 2.25. The van der Waals surface area contributed by atoms with Crippen LogP contribution in [0.2, 0.25) is 0 Å². The van der Waals surface area contributed by atoms with Crippen LogP contribution in [0.4, 0.5) is 8.78 Å². The lowest BCUT2D eigenvalue weighted by Crippen LogP contribution is -2.43. The van der Waals surface area contributed by atoms with Gasteiger partial charge in [-0.3, -0.25) is 5.41 Å². The molecule has 0 spiro atoms. The van der Waals surface area contributed by atoms with Crippen LogP contribution in [0.3, 0.4) is 0 Å². The number of nitrogens with zero attached hydrogens (tertiary/aromatic N) is 2. The van der Waals surface area contributed by atoms with Crippen LogP contribution < -0.4 is 0 Å². The van der Waals surface area contributed by atoms with Gasteiger partial charge in [-0.2, -0.15) is 0 Å². The van der Waals surface area contributed by atoms with Crippen LogP contribution in [0.25, 0.3) is 0 Å². The standard InChI is InChI=1S/C8H11F2N3/c1-12-7(11)13-4-5-2-6(13)3-8(5,9)10/h5-6,11H,1-4H2. The third-order valence-electron chi connectivity index (χ3n) is 2.94. The normalized spacial score (nSPS) is 35.1. The van der Waals surface area contributed by atoms with Gasteiger partial charge in [-0.1, -0.05) is 0 Å². The van der Waals surface area contributed by atoms with Crippen molar-refractivity contribution in [1.29, 1.82) is 5.41 Å². The van der Waals surface area contributed by atoms with Crippen LogP contribution in [0, 0.1) is 11.3 Å². The van der Waals surface area contributed by atoms with Gasteiger partial charge in [0.2, 0.25) is 5.96 Å². The maximum Gasteiger partial charge on any atom is 0.254 e. The Morgan fingerprint density at radius 3 is 2.69 bits per heavy atom. The molecule has 3 nitrogen and oxygen atoms in total. The van der Waals surface area contributed by atoms with Crippen LogP contribution in [0.1, 0.15) is 12.8 Å². The van der Waals surface area contributed by atoms with Gasteiger partial charge in [-0.25, -0.2) is 13.8 Å². The van der Waals surface area contributed by atoms with E-state index in [9.17, 15) is 8.78 Å². The zero-order chi connectivity index (χ0) is 9.64. The van der Waals surface area contributed by atoms with E-state index in [1.807, 2.05) is 0 Å². The van der Waals surface area contributed by atoms with E-state index >= 15 is 0 Å². The predicted molar refractivity (Wildman–Crippen MR) is 45.4 cm³/mol. The lowest BCUT2D eigenvalue weighted by Gasteiger charge is -2.31. The number of hydrogen-bond acceptors (Lipinski definition) is 1. The lowest BCUT2D eigenvalue weighted by molar-refractivity contribution is -0.0579. The van der Waals surface area contributed by atoms with Gasteiger partial charge in [0.25, 0.3) is 5.92 Å². The zero-order valence-corrected chi connectivity index (χ0v) is 7.13. The van der Waals surface area contributed by atoms with Crippen LogP contribution >= 0.6 is 0 Å². The van der Waals surface area contributed by atoms with Crippen molar-refractivity contribution in [2.24, 2.45) is 10.9 Å². The molecule has 2 fully saturated rings. The second kappa shape index (κ2) is 2.49. The number of hydrogen-bond donors (Lipinski definition) is 1. The van der Waals surface area contributed by atoms with E-state index < -0.39 is 11.8 Å². The first kappa shape index (κ1) is 8.59. The molecule has 5 heteroatoms. The maximum absolute atomic E-state index is 13.0. The van der Waals surface area contributed by atoms with Gasteiger partial charge in [-0.15, -0.1) is 0 Å². The number of halogens is 2. The summed E-state index contributed by atoms with van der Waals surface area (Å²) in [5.41, 5.74) is 0. The topological polar surface area (TPSA) is 39.5 Å². The third-order valence-corrected chi connectivity index (χ3v) is 2.94. The second-order valence-corrected chi connectivity index (χ2v) is 3.69. The highest BCUT2D eigenvalue weighted by atomic mass is 19.3. The van der Waals surface area contributed by atoms with Crippen molar-refractivity contribution in [3.63, 3.8) is 0 Å². The van der Waals surface area contributed by atoms with Crippen LogP contribution in [-0.4, -0.2) is 36.1 Å². The first-order valence-electron chi connectivity index (χ1n) is 4.24. The van der Waals surface area contributed by atoms with E-state index in [0.29, 0.717) is 6.42 Å². The summed E-state index contributed by atoms with van der Waals surface area (Å²) >= 11 is 0. The average molecular weight is 187 g/mol. The summed E-state index contributed by atoms with van der Waals surface area (Å²) in [6.45, 7) is 3.48. The second-order valence-electron chi connectivity index (χ2n) is 3.69. The number of piperidine rings is 1. The van der Waals surface area contributed by atoms with Crippen molar-refractivity contribution in [1.82, 2.24) is 4.90 Å². The van der Waals surface area contributed by atoms with E-state index in [2.05, 4.69) is 11.7 Å². The number of fused-ring (bicyclic) bond motifs is 2. The van der Waals surface area contributed by atoms with Crippen molar-refractivity contribution in [3.05, 3.63) is 0 Å². The molecule has 0 aromatic rings. The van der Waals surface area contributed by atoms with Crippen molar-refractivity contribution in [2.75, 3.05) is 6.54 Å². The molecule has 2 aliphatic rings. The van der Waals surface area contributed by atoms with E-state index in [1.54, 1.807) is 4.90 Å². The van der Waals surface area contributed by atoms with Crippen molar-refractivity contribution in [2.45, 2.75) is 24.8 Å². The summed E-state index contributed by atoms with van der Waals surface area (Å²) in [7, 11) is 0. The van der Waals surface area contributed by atoms with Gasteiger partial charge < -0.3 is 4.90 Å². The predicted octanol–water partition coefficient (Wildman–Crippen LogP) is 1.35. The number of alkyl halides is 2. The molecule has 0 aromatic heterocycles. The minimum Gasteiger partial charge on any atom is -0.338 e. The molecule has 2 atom stereocenters. The number of likely N-dealkylation sites (tertiary alicyclic amines) is 1. The highest BCUT2D eigenvalue weighted by Crippen LogP contribution is 2.48. The van der Waals surface area contributed by atoms with Gasteiger partial charge in [0, 0.05) is 24.9 Å². The number of rotatable bonds is 0. The van der Waals surface area contributed by atoms with E-state index in [-0.39, 0.29) is 25.0 Å². The zero-order valence-electron chi connectivity index (χ0n) is 7.13. The van der Waals surface area contributed by atoms with Crippen LogP contribution in [-0.2, 0) is 0 Å². The summed E-state index contributed by atoms with van der Waals surface area (Å²) in [5.74, 6) is -3.08. The molecule has 1 aliphatic carbocycles. The molecule has 13 heavy (non-hydrogen) atoms. The van der Waals surface area contributed by atoms with Crippen LogP contribution in [0.5, 0.6) is 0 Å². The van der Waals surface area contributed by atoms with Gasteiger partial charge >= 0.3 is 0 Å². The number of aliphatic imine (C=N–C) groups is 1. The smallest absolute Gasteiger partial charge is 0.254 e. The maximum atomic E-state index is 13.0. The highest BCUT2D eigenvalue weighted by Gasteiger charge is 2.56. The minimum absolute atomic E-state index is 0.0306. The SMILES string of the molecule is C=NC(=N)N1CC2CC1CC2(F)F. The monoisotopic (exact) mass is 187 g/mol. The Balaban J connectivity index is 2.11. The van der Waals surface area contributed by atoms with E-state index in [0.717, 1.165) is 0 Å². The molecule has 1 aliphatic heterocycles. The fourth-order valence-electron chi connectivity index (χ4n) is 2.25. The lowest BCUT2D eigenvalue weighted by atomic mass is 10.1. The molecule has 72 valence electrons.